The SMILES string of the molecule is CO[C@H]1CNCC1NC(=O)c1cccc(F)c1. The van der Waals surface area contributed by atoms with Crippen molar-refractivity contribution in [3.05, 3.63) is 35.6 Å². The molecule has 0 spiro atoms. The first-order chi connectivity index (χ1) is 8.20. The van der Waals surface area contributed by atoms with Crippen LogP contribution in [0.15, 0.2) is 24.3 Å². The van der Waals surface area contributed by atoms with Gasteiger partial charge in [0.2, 0.25) is 0 Å². The molecule has 1 aromatic carbocycles. The van der Waals surface area contributed by atoms with Crippen LogP contribution in [0.1, 0.15) is 10.4 Å². The van der Waals surface area contributed by atoms with E-state index >= 15 is 0 Å². The summed E-state index contributed by atoms with van der Waals surface area (Å²) in [4.78, 5) is 11.9. The third-order valence-electron chi connectivity index (χ3n) is 2.86. The second-order valence-corrected chi connectivity index (χ2v) is 4.02. The second kappa shape index (κ2) is 5.25. The number of hydrogen-bond acceptors (Lipinski definition) is 3. The smallest absolute Gasteiger partial charge is 0.251 e. The molecule has 1 heterocycles. The minimum absolute atomic E-state index is 0.0347. The third-order valence-corrected chi connectivity index (χ3v) is 2.86. The number of benzene rings is 1. The molecule has 17 heavy (non-hydrogen) atoms. The van der Waals surface area contributed by atoms with Crippen molar-refractivity contribution in [3.8, 4) is 0 Å². The van der Waals surface area contributed by atoms with E-state index in [9.17, 15) is 9.18 Å². The highest BCUT2D eigenvalue weighted by molar-refractivity contribution is 5.94. The first-order valence-corrected chi connectivity index (χ1v) is 5.50. The molecule has 0 bridgehead atoms. The van der Waals surface area contributed by atoms with Gasteiger partial charge in [-0.1, -0.05) is 6.07 Å². The summed E-state index contributed by atoms with van der Waals surface area (Å²) >= 11 is 0. The van der Waals surface area contributed by atoms with Gasteiger partial charge in [0.25, 0.3) is 5.91 Å². The lowest BCUT2D eigenvalue weighted by atomic mass is 10.1. The van der Waals surface area contributed by atoms with Crippen molar-refractivity contribution in [3.63, 3.8) is 0 Å². The van der Waals surface area contributed by atoms with Crippen molar-refractivity contribution in [2.45, 2.75) is 12.1 Å². The molecule has 0 saturated carbocycles. The first kappa shape index (κ1) is 12.0. The van der Waals surface area contributed by atoms with E-state index in [1.807, 2.05) is 0 Å². The molecule has 0 aliphatic carbocycles. The van der Waals surface area contributed by atoms with Gasteiger partial charge in [0.1, 0.15) is 5.82 Å². The molecule has 1 aromatic rings. The average Bonchev–Trinajstić information content (AvgIpc) is 2.76. The van der Waals surface area contributed by atoms with Gasteiger partial charge in [0.05, 0.1) is 12.1 Å². The maximum atomic E-state index is 13.0. The fourth-order valence-electron chi connectivity index (χ4n) is 1.93. The third kappa shape index (κ3) is 2.81. The van der Waals surface area contributed by atoms with Gasteiger partial charge in [-0.05, 0) is 18.2 Å². The molecule has 5 heteroatoms. The average molecular weight is 238 g/mol. The maximum absolute atomic E-state index is 13.0. The van der Waals surface area contributed by atoms with Crippen LogP contribution in [0.2, 0.25) is 0 Å². The monoisotopic (exact) mass is 238 g/mol. The van der Waals surface area contributed by atoms with Crippen molar-refractivity contribution < 1.29 is 13.9 Å². The number of carbonyl (C=O) groups excluding carboxylic acids is 1. The highest BCUT2D eigenvalue weighted by atomic mass is 19.1. The Bertz CT molecular complexity index is 411. The van der Waals surface area contributed by atoms with Gasteiger partial charge >= 0.3 is 0 Å². The van der Waals surface area contributed by atoms with Crippen molar-refractivity contribution in [1.29, 1.82) is 0 Å². The minimum atomic E-state index is -0.412. The topological polar surface area (TPSA) is 50.4 Å². The van der Waals surface area contributed by atoms with E-state index in [-0.39, 0.29) is 18.1 Å². The quantitative estimate of drug-likeness (QED) is 0.808. The van der Waals surface area contributed by atoms with Gasteiger partial charge < -0.3 is 15.4 Å². The van der Waals surface area contributed by atoms with Crippen molar-refractivity contribution in [2.75, 3.05) is 20.2 Å². The molecule has 1 fully saturated rings. The van der Waals surface area contributed by atoms with Gasteiger partial charge in [-0.2, -0.15) is 0 Å². The van der Waals surface area contributed by atoms with Crippen LogP contribution < -0.4 is 10.6 Å². The number of carbonyl (C=O) groups is 1. The standard InChI is InChI=1S/C12H15FN2O2/c1-17-11-7-14-6-10(11)15-12(16)8-3-2-4-9(13)5-8/h2-5,10-11,14H,6-7H2,1H3,(H,15,16)/t10?,11-/m0/s1. The van der Waals surface area contributed by atoms with E-state index in [0.29, 0.717) is 18.7 Å². The predicted molar refractivity (Wildman–Crippen MR) is 61.3 cm³/mol. The Kier molecular flexibility index (Phi) is 3.71. The van der Waals surface area contributed by atoms with Crippen molar-refractivity contribution in [1.82, 2.24) is 10.6 Å². The maximum Gasteiger partial charge on any atom is 0.251 e. The summed E-state index contributed by atoms with van der Waals surface area (Å²) in [6.45, 7) is 1.38. The van der Waals surface area contributed by atoms with E-state index in [4.69, 9.17) is 4.74 Å². The van der Waals surface area contributed by atoms with Gasteiger partial charge in [0, 0.05) is 25.8 Å². The fourth-order valence-corrected chi connectivity index (χ4v) is 1.93. The fraction of sp³-hybridized carbons (Fsp3) is 0.417. The summed E-state index contributed by atoms with van der Waals surface area (Å²) in [5, 5.41) is 5.96. The highest BCUT2D eigenvalue weighted by Gasteiger charge is 2.28. The number of hydrogen-bond donors (Lipinski definition) is 2. The zero-order chi connectivity index (χ0) is 12.3. The Morgan fingerprint density at radius 3 is 3.06 bits per heavy atom. The number of amides is 1. The molecule has 92 valence electrons. The Morgan fingerprint density at radius 2 is 2.35 bits per heavy atom. The summed E-state index contributed by atoms with van der Waals surface area (Å²) < 4.78 is 18.2. The van der Waals surface area contributed by atoms with Gasteiger partial charge in [-0.3, -0.25) is 4.79 Å². The van der Waals surface area contributed by atoms with Crippen LogP contribution in [0.4, 0.5) is 4.39 Å². The predicted octanol–water partition coefficient (Wildman–Crippen LogP) is 0.542. The molecule has 2 N–H and O–H groups in total. The minimum Gasteiger partial charge on any atom is -0.378 e. The van der Waals surface area contributed by atoms with Crippen molar-refractivity contribution in [2.24, 2.45) is 0 Å². The summed E-state index contributed by atoms with van der Waals surface area (Å²) in [5.74, 6) is -0.689. The Morgan fingerprint density at radius 1 is 1.53 bits per heavy atom. The molecule has 0 aromatic heterocycles. The molecular formula is C12H15FN2O2. The molecule has 1 saturated heterocycles. The molecule has 1 unspecified atom stereocenters. The van der Waals surface area contributed by atoms with Crippen LogP contribution in [-0.2, 0) is 4.74 Å². The van der Waals surface area contributed by atoms with E-state index < -0.39 is 5.82 Å². The number of halogens is 1. The molecule has 1 amide bonds. The number of nitrogens with one attached hydrogen (secondary N) is 2. The zero-order valence-corrected chi connectivity index (χ0v) is 9.57. The molecule has 2 atom stereocenters. The largest absolute Gasteiger partial charge is 0.378 e. The number of ether oxygens (including phenoxy) is 1. The van der Waals surface area contributed by atoms with Gasteiger partial charge in [0.15, 0.2) is 0 Å². The van der Waals surface area contributed by atoms with Crippen LogP contribution in [-0.4, -0.2) is 38.3 Å². The number of rotatable bonds is 3. The lowest BCUT2D eigenvalue weighted by molar-refractivity contribution is 0.0779. The first-order valence-electron chi connectivity index (χ1n) is 5.50. The van der Waals surface area contributed by atoms with E-state index in [1.165, 1.54) is 18.2 Å². The Labute approximate surface area is 99.2 Å². The summed E-state index contributed by atoms with van der Waals surface area (Å²) in [6, 6.07) is 5.56. The molecule has 1 aliphatic rings. The van der Waals surface area contributed by atoms with Crippen LogP contribution in [0, 0.1) is 5.82 Å². The Balaban J connectivity index is 2.01. The van der Waals surface area contributed by atoms with Crippen molar-refractivity contribution >= 4 is 5.91 Å². The lowest BCUT2D eigenvalue weighted by Gasteiger charge is -2.18. The second-order valence-electron chi connectivity index (χ2n) is 4.02. The Hall–Kier alpha value is -1.46. The normalized spacial score (nSPS) is 23.6. The van der Waals surface area contributed by atoms with Crippen LogP contribution in [0.5, 0.6) is 0 Å². The lowest BCUT2D eigenvalue weighted by Crippen LogP contribution is -2.43. The summed E-state index contributed by atoms with van der Waals surface area (Å²) in [7, 11) is 1.61. The van der Waals surface area contributed by atoms with E-state index in [0.717, 1.165) is 0 Å². The van der Waals surface area contributed by atoms with Gasteiger partial charge in [-0.15, -0.1) is 0 Å². The highest BCUT2D eigenvalue weighted by Crippen LogP contribution is 2.07. The van der Waals surface area contributed by atoms with Crippen LogP contribution >= 0.6 is 0 Å². The van der Waals surface area contributed by atoms with E-state index in [2.05, 4.69) is 10.6 Å². The molecule has 0 radical (unpaired) electrons. The molecule has 4 nitrogen and oxygen atoms in total. The number of methoxy groups -OCH3 is 1. The van der Waals surface area contributed by atoms with E-state index in [1.54, 1.807) is 13.2 Å². The zero-order valence-electron chi connectivity index (χ0n) is 9.57. The summed E-state index contributed by atoms with van der Waals surface area (Å²) in [5.41, 5.74) is 0.326. The van der Waals surface area contributed by atoms with Crippen LogP contribution in [0.3, 0.4) is 0 Å². The summed E-state index contributed by atoms with van der Waals surface area (Å²) in [6.07, 6.45) is -0.0347. The van der Waals surface area contributed by atoms with Crippen LogP contribution in [0.25, 0.3) is 0 Å². The molecule has 2 rings (SSSR count). The molecular weight excluding hydrogens is 223 g/mol. The van der Waals surface area contributed by atoms with Gasteiger partial charge in [-0.25, -0.2) is 4.39 Å². The molecule has 1 aliphatic heterocycles.